The van der Waals surface area contributed by atoms with Crippen molar-refractivity contribution in [1.29, 1.82) is 0 Å². The average Bonchev–Trinajstić information content (AvgIpc) is 2.61. The molecule has 0 bridgehead atoms. The number of rotatable bonds is 7. The van der Waals surface area contributed by atoms with Crippen molar-refractivity contribution in [1.82, 2.24) is 5.32 Å². The number of likely N-dealkylation sites (N-methyl/N-ethyl adjacent to an activating group) is 1. The van der Waals surface area contributed by atoms with Crippen LogP contribution in [0.1, 0.15) is 52.9 Å². The maximum Gasteiger partial charge on any atom is 0.325 e. The number of halogens is 2. The summed E-state index contributed by atoms with van der Waals surface area (Å²) in [5, 5.41) is 3.37. The van der Waals surface area contributed by atoms with Gasteiger partial charge < -0.3 is 19.3 Å². The molecule has 5 atom stereocenters. The third-order valence-corrected chi connectivity index (χ3v) is 7.45. The molecule has 0 spiro atoms. The fraction of sp³-hybridized carbons (Fsp3) is 0.900. The Morgan fingerprint density at radius 1 is 1.18 bits per heavy atom. The zero-order chi connectivity index (χ0) is 21.0. The number of esters is 2. The van der Waals surface area contributed by atoms with Crippen LogP contribution in [-0.4, -0.2) is 75.2 Å². The van der Waals surface area contributed by atoms with Crippen molar-refractivity contribution in [2.24, 2.45) is 0 Å². The van der Waals surface area contributed by atoms with Crippen molar-refractivity contribution in [3.05, 3.63) is 0 Å². The van der Waals surface area contributed by atoms with E-state index in [1.165, 1.54) is 0 Å². The topological polar surface area (TPSA) is 64.6 Å². The largest absolute Gasteiger partial charge is 0.457 e. The van der Waals surface area contributed by atoms with Crippen molar-refractivity contribution in [2.45, 2.75) is 71.9 Å². The van der Waals surface area contributed by atoms with Crippen LogP contribution in [0.3, 0.4) is 0 Å². The maximum atomic E-state index is 12.9. The molecule has 2 aliphatic heterocycles. The molecule has 2 rings (SSSR count). The number of carbonyl (C=O) groups excluding carboxylic acids is 2. The van der Waals surface area contributed by atoms with Crippen molar-refractivity contribution < 1.29 is 23.5 Å². The van der Waals surface area contributed by atoms with Crippen LogP contribution in [-0.2, 0) is 19.1 Å². The Morgan fingerprint density at radius 3 is 2.46 bits per heavy atom. The van der Waals surface area contributed by atoms with E-state index in [-0.39, 0.29) is 25.4 Å². The molecule has 162 valence electrons. The lowest BCUT2D eigenvalue weighted by Crippen LogP contribution is -2.61. The van der Waals surface area contributed by atoms with Crippen LogP contribution in [0.25, 0.3) is 0 Å². The number of nitrogens with one attached hydrogen (secondary N) is 1. The van der Waals surface area contributed by atoms with Gasteiger partial charge in [-0.15, -0.1) is 0 Å². The molecule has 2 aliphatic rings. The molecule has 0 amide bonds. The van der Waals surface area contributed by atoms with E-state index in [1.807, 2.05) is 13.8 Å². The van der Waals surface area contributed by atoms with E-state index >= 15 is 0 Å². The zero-order valence-electron chi connectivity index (χ0n) is 17.6. The Morgan fingerprint density at radius 2 is 1.89 bits per heavy atom. The minimum Gasteiger partial charge on any atom is -0.457 e. The number of nitrogens with zero attached hydrogens (tertiary/aromatic N) is 1. The molecule has 2 saturated heterocycles. The number of hydrogen-bond acceptors (Lipinski definition) is 5. The number of alkyl halides is 2. The fourth-order valence-electron chi connectivity index (χ4n) is 4.50. The van der Waals surface area contributed by atoms with Gasteiger partial charge in [0.25, 0.3) is 0 Å². The van der Waals surface area contributed by atoms with Gasteiger partial charge in [0.05, 0.1) is 13.6 Å². The second kappa shape index (κ2) is 10.1. The molecule has 0 saturated carbocycles. The van der Waals surface area contributed by atoms with E-state index in [9.17, 15) is 9.59 Å². The minimum atomic E-state index is -0.471. The summed E-state index contributed by atoms with van der Waals surface area (Å²) < 4.78 is 12.2. The Hall–Kier alpha value is 0.320. The van der Waals surface area contributed by atoms with E-state index in [2.05, 4.69) is 64.5 Å². The lowest BCUT2D eigenvalue weighted by Gasteiger charge is -2.46. The number of piperidine rings is 2. The third kappa shape index (κ3) is 6.66. The number of carbonyl (C=O) groups is 2. The molecule has 1 N–H and O–H groups in total. The van der Waals surface area contributed by atoms with Crippen LogP contribution in [0, 0.1) is 0 Å². The van der Waals surface area contributed by atoms with Crippen LogP contribution >= 0.6 is 45.2 Å². The Labute approximate surface area is 196 Å². The SMILES string of the molecule is CCC1(OC(=O)C(I)C[N+]2(C)CCCC(C)(OC(=O)C(C)I)C2)CCCNC1. The highest BCUT2D eigenvalue weighted by Crippen LogP contribution is 2.32. The van der Waals surface area contributed by atoms with Gasteiger partial charge in [0.1, 0.15) is 22.6 Å². The predicted octanol–water partition coefficient (Wildman–Crippen LogP) is 3.23. The Kier molecular flexibility index (Phi) is 8.86. The van der Waals surface area contributed by atoms with Gasteiger partial charge in [0, 0.05) is 13.0 Å². The summed E-state index contributed by atoms with van der Waals surface area (Å²) in [5.74, 6) is -0.271. The molecule has 6 nitrogen and oxygen atoms in total. The van der Waals surface area contributed by atoms with Crippen molar-refractivity contribution >= 4 is 57.1 Å². The summed E-state index contributed by atoms with van der Waals surface area (Å²) in [5.41, 5.74) is -0.832. The molecule has 8 heteroatoms. The summed E-state index contributed by atoms with van der Waals surface area (Å²) >= 11 is 4.32. The van der Waals surface area contributed by atoms with E-state index in [4.69, 9.17) is 9.47 Å². The number of hydrogen-bond donors (Lipinski definition) is 1. The molecule has 2 heterocycles. The quantitative estimate of drug-likeness (QED) is 0.205. The van der Waals surface area contributed by atoms with Crippen molar-refractivity contribution in [3.8, 4) is 0 Å². The number of ether oxygens (including phenoxy) is 2. The molecule has 0 aliphatic carbocycles. The second-order valence-electron chi connectivity index (χ2n) is 8.98. The minimum absolute atomic E-state index is 0.115. The molecule has 5 unspecified atom stereocenters. The normalized spacial score (nSPS) is 35.6. The fourth-order valence-corrected chi connectivity index (χ4v) is 5.71. The molecule has 0 aromatic heterocycles. The summed E-state index contributed by atoms with van der Waals surface area (Å²) in [4.78, 5) is 25.0. The Balaban J connectivity index is 1.98. The lowest BCUT2D eigenvalue weighted by atomic mass is 9.91. The second-order valence-corrected chi connectivity index (χ2v) is 12.4. The van der Waals surface area contributed by atoms with Crippen molar-refractivity contribution in [2.75, 3.05) is 39.8 Å². The molecular formula is C20H35I2N2O4+. The summed E-state index contributed by atoms with van der Waals surface area (Å²) in [6.07, 6.45) is 4.66. The number of quaternary nitrogens is 1. The first-order valence-electron chi connectivity index (χ1n) is 10.3. The highest BCUT2D eigenvalue weighted by molar-refractivity contribution is 14.1. The number of likely N-dealkylation sites (tertiary alicyclic amines) is 1. The first kappa shape index (κ1) is 24.6. The van der Waals surface area contributed by atoms with Gasteiger partial charge in [-0.05, 0) is 46.1 Å². The summed E-state index contributed by atoms with van der Waals surface area (Å²) in [6.45, 7) is 10.1. The first-order chi connectivity index (χ1) is 13.0. The standard InChI is InChI=1S/C20H35I2N2O4/c1-5-20(9-6-10-23-13-20)28-18(26)16(22)12-24(4)11-7-8-19(3,14-24)27-17(25)15(2)21/h15-16,23H,5-14H2,1-4H3/q+1. The molecule has 2 fully saturated rings. The van der Waals surface area contributed by atoms with Gasteiger partial charge in [-0.25, -0.2) is 0 Å². The summed E-state index contributed by atoms with van der Waals surface area (Å²) in [6, 6.07) is 0. The van der Waals surface area contributed by atoms with Crippen molar-refractivity contribution in [3.63, 3.8) is 0 Å². The van der Waals surface area contributed by atoms with E-state index < -0.39 is 5.60 Å². The van der Waals surface area contributed by atoms with Crippen LogP contribution in [0.4, 0.5) is 0 Å². The van der Waals surface area contributed by atoms with Crippen LogP contribution < -0.4 is 5.32 Å². The molecule has 0 radical (unpaired) electrons. The first-order valence-corrected chi connectivity index (χ1v) is 12.8. The Bertz CT molecular complexity index is 568. The van der Waals surface area contributed by atoms with Gasteiger partial charge in [-0.2, -0.15) is 0 Å². The predicted molar refractivity (Wildman–Crippen MR) is 127 cm³/mol. The molecule has 0 aromatic rings. The third-order valence-electron chi connectivity index (χ3n) is 6.04. The lowest BCUT2D eigenvalue weighted by molar-refractivity contribution is -0.919. The van der Waals surface area contributed by atoms with Gasteiger partial charge in [-0.3, -0.25) is 9.59 Å². The van der Waals surface area contributed by atoms with Crippen LogP contribution in [0.5, 0.6) is 0 Å². The summed E-state index contributed by atoms with van der Waals surface area (Å²) in [7, 11) is 2.16. The molecule has 28 heavy (non-hydrogen) atoms. The van der Waals surface area contributed by atoms with E-state index in [0.29, 0.717) is 6.54 Å². The highest BCUT2D eigenvalue weighted by Gasteiger charge is 2.45. The van der Waals surface area contributed by atoms with Gasteiger partial charge in [-0.1, -0.05) is 52.1 Å². The maximum absolute atomic E-state index is 12.9. The van der Waals surface area contributed by atoms with Gasteiger partial charge >= 0.3 is 11.9 Å². The zero-order valence-corrected chi connectivity index (χ0v) is 21.9. The van der Waals surface area contributed by atoms with E-state index in [1.54, 1.807) is 0 Å². The smallest absolute Gasteiger partial charge is 0.325 e. The molecular weight excluding hydrogens is 586 g/mol. The average molecular weight is 621 g/mol. The monoisotopic (exact) mass is 621 g/mol. The van der Waals surface area contributed by atoms with E-state index in [0.717, 1.165) is 62.8 Å². The van der Waals surface area contributed by atoms with Crippen LogP contribution in [0.2, 0.25) is 0 Å². The van der Waals surface area contributed by atoms with Crippen LogP contribution in [0.15, 0.2) is 0 Å². The highest BCUT2D eigenvalue weighted by atomic mass is 127. The van der Waals surface area contributed by atoms with Gasteiger partial charge in [0.2, 0.25) is 0 Å². The van der Waals surface area contributed by atoms with Gasteiger partial charge in [0.15, 0.2) is 9.53 Å². The molecule has 0 aromatic carbocycles.